The van der Waals surface area contributed by atoms with Crippen LogP contribution in [0.1, 0.15) is 27.3 Å². The number of thioether (sulfide) groups is 1. The quantitative estimate of drug-likeness (QED) is 0.122. The summed E-state index contributed by atoms with van der Waals surface area (Å²) < 4.78 is 12.9. The van der Waals surface area contributed by atoms with Crippen molar-refractivity contribution in [3.63, 3.8) is 0 Å². The Morgan fingerprint density at radius 3 is 2.67 bits per heavy atom. The van der Waals surface area contributed by atoms with E-state index in [1.54, 1.807) is 23.6 Å². The molecule has 4 rings (SSSR count). The SMILES string of the molecule is C=CCn1c(COc2cc(C)ccc2C)nnc1SCC(=O)Nc1scc(-c2ccc(Cl)cc2)c1C(=O)OC. The average molecular weight is 583 g/mol. The molecule has 0 atom stereocenters. The first-order valence-electron chi connectivity index (χ1n) is 11.9. The van der Waals surface area contributed by atoms with Gasteiger partial charge in [0.2, 0.25) is 5.91 Å². The summed E-state index contributed by atoms with van der Waals surface area (Å²) in [5, 5.41) is 14.7. The van der Waals surface area contributed by atoms with Gasteiger partial charge in [0.1, 0.15) is 22.9 Å². The number of esters is 1. The van der Waals surface area contributed by atoms with E-state index in [1.165, 1.54) is 30.2 Å². The van der Waals surface area contributed by atoms with E-state index in [2.05, 4.69) is 22.1 Å². The Kier molecular flexibility index (Phi) is 9.45. The van der Waals surface area contributed by atoms with Crippen molar-refractivity contribution in [2.24, 2.45) is 0 Å². The summed E-state index contributed by atoms with van der Waals surface area (Å²) in [5.41, 5.74) is 3.88. The number of hydrogen-bond donors (Lipinski definition) is 1. The molecule has 0 saturated carbocycles. The number of carbonyl (C=O) groups is 2. The number of ether oxygens (including phenoxy) is 2. The maximum Gasteiger partial charge on any atom is 0.341 e. The molecule has 1 N–H and O–H groups in total. The lowest BCUT2D eigenvalue weighted by Crippen LogP contribution is -2.16. The van der Waals surface area contributed by atoms with E-state index < -0.39 is 5.97 Å². The lowest BCUT2D eigenvalue weighted by molar-refractivity contribution is -0.113. The molecule has 39 heavy (non-hydrogen) atoms. The van der Waals surface area contributed by atoms with Gasteiger partial charge < -0.3 is 14.8 Å². The Morgan fingerprint density at radius 2 is 1.95 bits per heavy atom. The Hall–Kier alpha value is -3.60. The van der Waals surface area contributed by atoms with Gasteiger partial charge in [0.25, 0.3) is 0 Å². The highest BCUT2D eigenvalue weighted by Gasteiger charge is 2.23. The van der Waals surface area contributed by atoms with Crippen LogP contribution in [0.25, 0.3) is 11.1 Å². The summed E-state index contributed by atoms with van der Waals surface area (Å²) in [6.07, 6.45) is 1.74. The number of rotatable bonds is 11. The third-order valence-corrected chi connectivity index (χ3v) is 7.84. The Morgan fingerprint density at radius 1 is 1.18 bits per heavy atom. The minimum atomic E-state index is -0.539. The van der Waals surface area contributed by atoms with Gasteiger partial charge in [0, 0.05) is 22.5 Å². The third-order valence-electron chi connectivity index (χ3n) is 5.73. The topological polar surface area (TPSA) is 95.3 Å². The number of nitrogens with one attached hydrogen (secondary N) is 1. The second-order valence-corrected chi connectivity index (χ2v) is 10.8. The summed E-state index contributed by atoms with van der Waals surface area (Å²) in [6.45, 7) is 8.51. The Labute approximate surface area is 240 Å². The van der Waals surface area contributed by atoms with Gasteiger partial charge >= 0.3 is 5.97 Å². The number of benzene rings is 2. The van der Waals surface area contributed by atoms with Crippen LogP contribution in [0.4, 0.5) is 5.00 Å². The Bertz CT molecular complexity index is 1500. The predicted octanol–water partition coefficient (Wildman–Crippen LogP) is 6.56. The standard InChI is InChI=1S/C28H27ClN4O4S2/c1-5-12-33-23(14-37-22-13-17(2)6-7-18(22)3)31-32-28(33)39-16-24(34)30-26-25(27(35)36-4)21(15-38-26)19-8-10-20(29)11-9-19/h5-11,13,15H,1,12,14,16H2,2-4H3,(H,30,34). The van der Waals surface area contributed by atoms with Crippen molar-refractivity contribution < 1.29 is 19.1 Å². The van der Waals surface area contributed by atoms with Gasteiger partial charge in [-0.3, -0.25) is 9.36 Å². The molecule has 11 heteroatoms. The van der Waals surface area contributed by atoms with E-state index in [9.17, 15) is 9.59 Å². The van der Waals surface area contributed by atoms with Crippen LogP contribution in [0.5, 0.6) is 5.75 Å². The number of halogens is 1. The first-order chi connectivity index (χ1) is 18.8. The predicted molar refractivity (Wildman–Crippen MR) is 156 cm³/mol. The molecule has 4 aromatic rings. The number of hydrogen-bond acceptors (Lipinski definition) is 8. The maximum absolute atomic E-state index is 12.9. The zero-order valence-electron chi connectivity index (χ0n) is 21.7. The van der Waals surface area contributed by atoms with Crippen LogP contribution >= 0.6 is 34.7 Å². The van der Waals surface area contributed by atoms with E-state index in [-0.39, 0.29) is 18.3 Å². The molecule has 0 aliphatic heterocycles. The summed E-state index contributed by atoms with van der Waals surface area (Å²) >= 11 is 8.49. The largest absolute Gasteiger partial charge is 0.485 e. The monoisotopic (exact) mass is 582 g/mol. The van der Waals surface area contributed by atoms with Gasteiger partial charge in [-0.2, -0.15) is 0 Å². The molecule has 0 aliphatic carbocycles. The van der Waals surface area contributed by atoms with E-state index in [1.807, 2.05) is 48.7 Å². The van der Waals surface area contributed by atoms with Crippen molar-refractivity contribution in [2.45, 2.75) is 32.2 Å². The summed E-state index contributed by atoms with van der Waals surface area (Å²) in [7, 11) is 1.31. The first kappa shape index (κ1) is 28.4. The molecule has 0 saturated heterocycles. The maximum atomic E-state index is 12.9. The van der Waals surface area contributed by atoms with Crippen molar-refractivity contribution in [3.8, 4) is 16.9 Å². The minimum absolute atomic E-state index is 0.0575. The zero-order valence-corrected chi connectivity index (χ0v) is 24.1. The molecule has 8 nitrogen and oxygen atoms in total. The highest BCUT2D eigenvalue weighted by molar-refractivity contribution is 7.99. The van der Waals surface area contributed by atoms with Crippen molar-refractivity contribution in [1.82, 2.24) is 14.8 Å². The van der Waals surface area contributed by atoms with Crippen molar-refractivity contribution in [1.29, 1.82) is 0 Å². The molecular formula is C28H27ClN4O4S2. The van der Waals surface area contributed by atoms with Gasteiger partial charge in [0.05, 0.1) is 12.9 Å². The fraction of sp³-hybridized carbons (Fsp3) is 0.214. The molecule has 0 fully saturated rings. The molecule has 2 aromatic heterocycles. The van der Waals surface area contributed by atoms with E-state index >= 15 is 0 Å². The van der Waals surface area contributed by atoms with Crippen LogP contribution < -0.4 is 10.1 Å². The number of allylic oxidation sites excluding steroid dienone is 1. The number of anilines is 1. The number of carbonyl (C=O) groups excluding carboxylic acids is 2. The number of nitrogens with zero attached hydrogens (tertiary/aromatic N) is 3. The molecule has 0 unspecified atom stereocenters. The van der Waals surface area contributed by atoms with Gasteiger partial charge in [-0.15, -0.1) is 28.1 Å². The van der Waals surface area contributed by atoms with E-state index in [0.717, 1.165) is 22.4 Å². The van der Waals surface area contributed by atoms with Crippen molar-refractivity contribution >= 4 is 51.6 Å². The second-order valence-electron chi connectivity index (χ2n) is 8.54. The van der Waals surface area contributed by atoms with Crippen LogP contribution in [0.15, 0.2) is 65.7 Å². The van der Waals surface area contributed by atoms with Crippen LogP contribution in [-0.4, -0.2) is 39.5 Å². The van der Waals surface area contributed by atoms with Crippen LogP contribution in [0, 0.1) is 13.8 Å². The normalized spacial score (nSPS) is 10.8. The van der Waals surface area contributed by atoms with Gasteiger partial charge in [-0.05, 0) is 48.7 Å². The first-order valence-corrected chi connectivity index (χ1v) is 14.2. The average Bonchev–Trinajstić information content (AvgIpc) is 3.52. The number of methoxy groups -OCH3 is 1. The smallest absolute Gasteiger partial charge is 0.341 e. The van der Waals surface area contributed by atoms with Crippen LogP contribution in [0.3, 0.4) is 0 Å². The van der Waals surface area contributed by atoms with Gasteiger partial charge in [-0.25, -0.2) is 4.79 Å². The number of amides is 1. The lowest BCUT2D eigenvalue weighted by Gasteiger charge is -2.11. The molecular weight excluding hydrogens is 556 g/mol. The number of aryl methyl sites for hydroxylation is 2. The molecule has 2 heterocycles. The van der Waals surface area contributed by atoms with Crippen LogP contribution in [0.2, 0.25) is 5.02 Å². The zero-order chi connectivity index (χ0) is 27.9. The Balaban J connectivity index is 1.45. The summed E-state index contributed by atoms with van der Waals surface area (Å²) in [5.74, 6) is 0.631. The third kappa shape index (κ3) is 6.89. The molecule has 202 valence electrons. The fourth-order valence-electron chi connectivity index (χ4n) is 3.74. The molecule has 0 radical (unpaired) electrons. The lowest BCUT2D eigenvalue weighted by atomic mass is 10.0. The summed E-state index contributed by atoms with van der Waals surface area (Å²) in [6, 6.07) is 13.1. The molecule has 0 spiro atoms. The van der Waals surface area contributed by atoms with Crippen molar-refractivity contribution in [2.75, 3.05) is 18.2 Å². The molecule has 0 bridgehead atoms. The van der Waals surface area contributed by atoms with Gasteiger partial charge in [0.15, 0.2) is 11.0 Å². The molecule has 0 aliphatic rings. The van der Waals surface area contributed by atoms with E-state index in [0.29, 0.717) is 38.7 Å². The van der Waals surface area contributed by atoms with Crippen LogP contribution in [-0.2, 0) is 22.7 Å². The number of aromatic nitrogens is 3. The molecule has 1 amide bonds. The highest BCUT2D eigenvalue weighted by Crippen LogP contribution is 2.36. The van der Waals surface area contributed by atoms with E-state index in [4.69, 9.17) is 21.1 Å². The minimum Gasteiger partial charge on any atom is -0.485 e. The highest BCUT2D eigenvalue weighted by atomic mass is 35.5. The van der Waals surface area contributed by atoms with Crippen molar-refractivity contribution in [3.05, 3.63) is 88.0 Å². The molecule has 2 aromatic carbocycles. The van der Waals surface area contributed by atoms with Gasteiger partial charge in [-0.1, -0.05) is 53.7 Å². The fourth-order valence-corrected chi connectivity index (χ4v) is 5.61. The number of thiophene rings is 1. The summed E-state index contributed by atoms with van der Waals surface area (Å²) in [4.78, 5) is 25.5. The second kappa shape index (κ2) is 13.0.